The monoisotopic (exact) mass is 556 g/mol. The Morgan fingerprint density at radius 2 is 1.12 bits per heavy atom. The van der Waals surface area contributed by atoms with E-state index in [0.29, 0.717) is 0 Å². The first-order valence-electron chi connectivity index (χ1n) is 15.1. The summed E-state index contributed by atoms with van der Waals surface area (Å²) in [6, 6.07) is 45.6. The Hall–Kier alpha value is -4.94. The summed E-state index contributed by atoms with van der Waals surface area (Å²) in [6.45, 7) is 12.5. The molecule has 0 amide bonds. The number of aryl methyl sites for hydroxylation is 2. The number of fused-ring (bicyclic) bond motifs is 2. The van der Waals surface area contributed by atoms with Gasteiger partial charge in [0.15, 0.2) is 0 Å². The summed E-state index contributed by atoms with van der Waals surface area (Å²) in [7, 11) is 0. The Morgan fingerprint density at radius 1 is 0.605 bits per heavy atom. The predicted molar refractivity (Wildman–Crippen MR) is 190 cm³/mol. The highest BCUT2D eigenvalue weighted by Gasteiger charge is 2.16. The Morgan fingerprint density at radius 3 is 1.65 bits per heavy atom. The minimum absolute atomic E-state index is 1.07. The van der Waals surface area contributed by atoms with Crippen molar-refractivity contribution in [3.05, 3.63) is 174 Å². The average molecular weight is 557 g/mol. The van der Waals surface area contributed by atoms with Gasteiger partial charge in [-0.15, -0.1) is 0 Å². The fourth-order valence-electron chi connectivity index (χ4n) is 5.90. The van der Waals surface area contributed by atoms with Crippen LogP contribution in [0, 0.1) is 13.8 Å². The van der Waals surface area contributed by atoms with E-state index in [0.717, 1.165) is 6.42 Å². The van der Waals surface area contributed by atoms with Gasteiger partial charge in [0.1, 0.15) is 0 Å². The Balaban J connectivity index is 0.000000198. The van der Waals surface area contributed by atoms with Crippen LogP contribution in [0.25, 0.3) is 49.4 Å². The number of rotatable bonds is 6. The van der Waals surface area contributed by atoms with Crippen molar-refractivity contribution in [1.82, 2.24) is 0 Å². The minimum atomic E-state index is 1.07. The van der Waals surface area contributed by atoms with Gasteiger partial charge in [0.05, 0.1) is 0 Å². The van der Waals surface area contributed by atoms with Crippen LogP contribution >= 0.6 is 0 Å². The van der Waals surface area contributed by atoms with E-state index in [1.165, 1.54) is 71.6 Å². The van der Waals surface area contributed by atoms with E-state index >= 15 is 0 Å². The first kappa shape index (κ1) is 29.5. The second-order valence-corrected chi connectivity index (χ2v) is 11.0. The normalized spacial score (nSPS) is 11.7. The number of benzene rings is 6. The molecule has 6 aromatic rings. The molecule has 43 heavy (non-hydrogen) atoms. The third-order valence-corrected chi connectivity index (χ3v) is 7.97. The molecule has 0 atom stereocenters. The van der Waals surface area contributed by atoms with Gasteiger partial charge < -0.3 is 0 Å². The molecule has 0 heterocycles. The molecule has 6 aromatic carbocycles. The van der Waals surface area contributed by atoms with Crippen LogP contribution in [0.5, 0.6) is 0 Å². The van der Waals surface area contributed by atoms with E-state index < -0.39 is 0 Å². The molecular weight excluding hydrogens is 516 g/mol. The maximum Gasteiger partial charge on any atom is -0.00263 e. The van der Waals surface area contributed by atoms with Crippen molar-refractivity contribution in [2.45, 2.75) is 34.1 Å². The minimum Gasteiger partial charge on any atom is -0.0984 e. The van der Waals surface area contributed by atoms with Crippen molar-refractivity contribution >= 4 is 27.1 Å². The Labute approximate surface area is 257 Å². The molecule has 0 nitrogen and oxygen atoms in total. The third-order valence-electron chi connectivity index (χ3n) is 7.97. The first-order chi connectivity index (χ1) is 21.0. The molecule has 0 radical (unpaired) electrons. The summed E-state index contributed by atoms with van der Waals surface area (Å²) in [5.41, 5.74) is 11.5. The summed E-state index contributed by atoms with van der Waals surface area (Å²) in [4.78, 5) is 0. The molecule has 0 aliphatic heterocycles. The SMILES string of the molecule is C=C/C(=C(C)\C=C/CC)c1ccccc1C.Cc1cccc(-c2c3ccccc3c(-c3ccccc3)c3ccccc23)c1. The lowest BCUT2D eigenvalue weighted by Gasteiger charge is -2.17. The lowest BCUT2D eigenvalue weighted by molar-refractivity contribution is 1.22. The molecule has 0 N–H and O–H groups in total. The van der Waals surface area contributed by atoms with Gasteiger partial charge in [-0.1, -0.05) is 165 Å². The summed E-state index contributed by atoms with van der Waals surface area (Å²) in [5, 5.41) is 5.22. The highest BCUT2D eigenvalue weighted by molar-refractivity contribution is 6.21. The average Bonchev–Trinajstić information content (AvgIpc) is 3.04. The molecule has 212 valence electrons. The summed E-state index contributed by atoms with van der Waals surface area (Å²) in [5.74, 6) is 0. The van der Waals surface area contributed by atoms with Crippen molar-refractivity contribution in [1.29, 1.82) is 0 Å². The van der Waals surface area contributed by atoms with Crippen molar-refractivity contribution in [2.24, 2.45) is 0 Å². The van der Waals surface area contributed by atoms with Gasteiger partial charge >= 0.3 is 0 Å². The molecule has 0 saturated carbocycles. The first-order valence-corrected chi connectivity index (χ1v) is 15.1. The lowest BCUT2D eigenvalue weighted by Crippen LogP contribution is -1.90. The van der Waals surface area contributed by atoms with E-state index in [2.05, 4.69) is 174 Å². The van der Waals surface area contributed by atoms with Gasteiger partial charge in [-0.25, -0.2) is 0 Å². The second kappa shape index (κ2) is 13.8. The van der Waals surface area contributed by atoms with Crippen LogP contribution in [-0.4, -0.2) is 0 Å². The van der Waals surface area contributed by atoms with Crippen molar-refractivity contribution in [3.8, 4) is 22.3 Å². The zero-order valence-corrected chi connectivity index (χ0v) is 25.8. The molecule has 0 saturated heterocycles. The van der Waals surface area contributed by atoms with Gasteiger partial charge in [0.2, 0.25) is 0 Å². The molecule has 0 aromatic heterocycles. The highest BCUT2D eigenvalue weighted by atomic mass is 14.2. The van der Waals surface area contributed by atoms with E-state index in [4.69, 9.17) is 0 Å². The van der Waals surface area contributed by atoms with E-state index in [1.807, 2.05) is 6.08 Å². The fraction of sp³-hybridized carbons (Fsp3) is 0.116. The fourth-order valence-corrected chi connectivity index (χ4v) is 5.90. The summed E-state index contributed by atoms with van der Waals surface area (Å²) >= 11 is 0. The number of allylic oxidation sites excluding steroid dienone is 5. The largest absolute Gasteiger partial charge is 0.0984 e. The molecular formula is C43H40. The third kappa shape index (κ3) is 6.45. The maximum atomic E-state index is 3.92. The Bertz CT molecular complexity index is 1880. The molecule has 0 heteroatoms. The van der Waals surface area contributed by atoms with Crippen molar-refractivity contribution < 1.29 is 0 Å². The van der Waals surface area contributed by atoms with Crippen LogP contribution in [0.2, 0.25) is 0 Å². The summed E-state index contributed by atoms with van der Waals surface area (Å²) in [6.07, 6.45) is 7.35. The topological polar surface area (TPSA) is 0 Å². The number of hydrogen-bond donors (Lipinski definition) is 0. The summed E-state index contributed by atoms with van der Waals surface area (Å²) < 4.78 is 0. The lowest BCUT2D eigenvalue weighted by atomic mass is 9.86. The van der Waals surface area contributed by atoms with Crippen LogP contribution in [-0.2, 0) is 0 Å². The van der Waals surface area contributed by atoms with E-state index in [-0.39, 0.29) is 0 Å². The second-order valence-electron chi connectivity index (χ2n) is 11.0. The van der Waals surface area contributed by atoms with Gasteiger partial charge in [-0.05, 0) is 93.3 Å². The Kier molecular flexibility index (Phi) is 9.49. The van der Waals surface area contributed by atoms with Crippen LogP contribution in [0.15, 0.2) is 158 Å². The van der Waals surface area contributed by atoms with Crippen molar-refractivity contribution in [3.63, 3.8) is 0 Å². The zero-order chi connectivity index (χ0) is 30.2. The predicted octanol–water partition coefficient (Wildman–Crippen LogP) is 12.6. The van der Waals surface area contributed by atoms with Crippen molar-refractivity contribution in [2.75, 3.05) is 0 Å². The van der Waals surface area contributed by atoms with Gasteiger partial charge in [0, 0.05) is 0 Å². The molecule has 0 unspecified atom stereocenters. The standard InChI is InChI=1S/C27H20.C16H20/c1-19-10-9-13-21(18-19)27-24-16-7-5-14-22(24)26(20-11-3-2-4-12-20)23-15-6-8-17-25(23)27;1-5-7-10-13(3)15(6-2)16-12-9-8-11-14(16)4/h2-18H,1H3;6-12H,2,5H2,1,3-4H3/b;10-7-,15-13+. The number of hydrogen-bond acceptors (Lipinski definition) is 0. The van der Waals surface area contributed by atoms with Crippen LogP contribution < -0.4 is 0 Å². The molecule has 6 rings (SSSR count). The van der Waals surface area contributed by atoms with Crippen LogP contribution in [0.3, 0.4) is 0 Å². The van der Waals surface area contributed by atoms with E-state index in [9.17, 15) is 0 Å². The van der Waals surface area contributed by atoms with Crippen LogP contribution in [0.4, 0.5) is 0 Å². The molecule has 0 aliphatic carbocycles. The molecule has 0 bridgehead atoms. The van der Waals surface area contributed by atoms with Crippen LogP contribution in [0.1, 0.15) is 37.0 Å². The highest BCUT2D eigenvalue weighted by Crippen LogP contribution is 2.43. The van der Waals surface area contributed by atoms with E-state index in [1.54, 1.807) is 0 Å². The van der Waals surface area contributed by atoms with Gasteiger partial charge in [-0.3, -0.25) is 0 Å². The van der Waals surface area contributed by atoms with Gasteiger partial charge in [0.25, 0.3) is 0 Å². The molecule has 0 spiro atoms. The smallest absolute Gasteiger partial charge is 0.00263 e. The quantitative estimate of drug-likeness (QED) is 0.141. The molecule has 0 fully saturated rings. The maximum absolute atomic E-state index is 3.92. The zero-order valence-electron chi connectivity index (χ0n) is 25.8. The molecule has 0 aliphatic rings. The van der Waals surface area contributed by atoms with Gasteiger partial charge in [-0.2, -0.15) is 0 Å².